The lowest BCUT2D eigenvalue weighted by molar-refractivity contribution is -0.117. The summed E-state index contributed by atoms with van der Waals surface area (Å²) in [6.45, 7) is 3.28. The quantitative estimate of drug-likeness (QED) is 0.860. The lowest BCUT2D eigenvalue weighted by atomic mass is 10.3. The molecule has 1 aliphatic heterocycles. The Kier molecular flexibility index (Phi) is 5.12. The molecule has 3 rings (SSSR count). The van der Waals surface area contributed by atoms with Crippen LogP contribution in [0.15, 0.2) is 41.3 Å². The van der Waals surface area contributed by atoms with E-state index in [0.717, 1.165) is 36.5 Å². The predicted octanol–water partition coefficient (Wildman–Crippen LogP) is 0.945. The zero-order valence-corrected chi connectivity index (χ0v) is 13.8. The molecule has 2 N–H and O–H groups in total. The molecule has 1 fully saturated rings. The Balaban J connectivity index is 1.66. The number of nitrogens with zero attached hydrogens (tertiary/aromatic N) is 3. The van der Waals surface area contributed by atoms with Crippen LogP contribution < -0.4 is 21.1 Å². The fraction of sp³-hybridized carbons (Fsp3) is 0.312. The maximum absolute atomic E-state index is 12.2. The van der Waals surface area contributed by atoms with E-state index in [1.54, 1.807) is 30.5 Å². The van der Waals surface area contributed by atoms with E-state index < -0.39 is 0 Å². The highest BCUT2D eigenvalue weighted by atomic mass is 35.5. The molecule has 1 amide bonds. The van der Waals surface area contributed by atoms with Gasteiger partial charge in [-0.1, -0.05) is 17.7 Å². The molecule has 0 bridgehead atoms. The number of halogens is 1. The number of hydrogen-bond donors (Lipinski definition) is 2. The summed E-state index contributed by atoms with van der Waals surface area (Å²) in [6.07, 6.45) is 1.62. The number of anilines is 2. The molecule has 0 radical (unpaired) electrons. The van der Waals surface area contributed by atoms with Gasteiger partial charge in [-0.05, 0) is 18.2 Å². The lowest BCUT2D eigenvalue weighted by Crippen LogP contribution is -2.44. The monoisotopic (exact) mass is 347 g/mol. The van der Waals surface area contributed by atoms with Gasteiger partial charge in [-0.15, -0.1) is 0 Å². The highest BCUT2D eigenvalue weighted by Crippen LogP contribution is 2.15. The summed E-state index contributed by atoms with van der Waals surface area (Å²) in [4.78, 5) is 26.3. The maximum atomic E-state index is 12.2. The molecule has 24 heavy (non-hydrogen) atoms. The first kappa shape index (κ1) is 16.5. The van der Waals surface area contributed by atoms with Crippen molar-refractivity contribution in [3.8, 4) is 0 Å². The van der Waals surface area contributed by atoms with E-state index in [1.165, 1.54) is 6.07 Å². The largest absolute Gasteiger partial charge is 0.368 e. The third kappa shape index (κ3) is 4.12. The second-order valence-corrected chi connectivity index (χ2v) is 5.94. The van der Waals surface area contributed by atoms with Crippen LogP contribution in [-0.2, 0) is 11.3 Å². The molecule has 1 aromatic heterocycles. The van der Waals surface area contributed by atoms with E-state index in [0.29, 0.717) is 10.7 Å². The number of piperazine rings is 1. The first-order chi connectivity index (χ1) is 11.6. The normalized spacial score (nSPS) is 14.5. The van der Waals surface area contributed by atoms with E-state index >= 15 is 0 Å². The summed E-state index contributed by atoms with van der Waals surface area (Å²) < 4.78 is 1.14. The minimum absolute atomic E-state index is 0.146. The van der Waals surface area contributed by atoms with Crippen LogP contribution in [0.5, 0.6) is 0 Å². The Hall–Kier alpha value is -2.38. The van der Waals surface area contributed by atoms with Crippen LogP contribution in [0.2, 0.25) is 5.02 Å². The molecule has 0 saturated carbocycles. The first-order valence-electron chi connectivity index (χ1n) is 7.70. The van der Waals surface area contributed by atoms with E-state index in [4.69, 9.17) is 11.6 Å². The van der Waals surface area contributed by atoms with Crippen LogP contribution in [0.4, 0.5) is 11.4 Å². The van der Waals surface area contributed by atoms with Crippen molar-refractivity contribution < 1.29 is 4.79 Å². The smallest absolute Gasteiger partial charge is 0.269 e. The molecule has 0 unspecified atom stereocenters. The van der Waals surface area contributed by atoms with Gasteiger partial charge >= 0.3 is 0 Å². The number of carbonyl (C=O) groups excluding carboxylic acids is 1. The van der Waals surface area contributed by atoms with Gasteiger partial charge in [0.15, 0.2) is 0 Å². The standard InChI is InChI=1S/C16H18ClN5O2/c17-12-2-1-3-13(8-12)20-15(23)11-22-16(24)9-14(10-19-22)21-6-4-18-5-7-21/h1-3,8-10,18H,4-7,11H2,(H,20,23). The maximum Gasteiger partial charge on any atom is 0.269 e. The van der Waals surface area contributed by atoms with Crippen LogP contribution in [0, 0.1) is 0 Å². The van der Waals surface area contributed by atoms with Crippen molar-refractivity contribution in [1.82, 2.24) is 15.1 Å². The molecule has 7 nitrogen and oxygen atoms in total. The average molecular weight is 348 g/mol. The molecule has 1 aliphatic rings. The zero-order chi connectivity index (χ0) is 16.9. The Morgan fingerprint density at radius 2 is 2.08 bits per heavy atom. The highest BCUT2D eigenvalue weighted by Gasteiger charge is 2.13. The van der Waals surface area contributed by atoms with Crippen LogP contribution >= 0.6 is 11.6 Å². The molecule has 0 aliphatic carbocycles. The van der Waals surface area contributed by atoms with Crippen LogP contribution in [-0.4, -0.2) is 41.9 Å². The Labute approximate surface area is 144 Å². The summed E-state index contributed by atoms with van der Waals surface area (Å²) in [5, 5.41) is 10.6. The highest BCUT2D eigenvalue weighted by molar-refractivity contribution is 6.30. The van der Waals surface area contributed by atoms with Gasteiger partial charge in [0.1, 0.15) is 6.54 Å². The van der Waals surface area contributed by atoms with Gasteiger partial charge in [-0.3, -0.25) is 9.59 Å². The molecule has 2 aromatic rings. The third-order valence-corrected chi connectivity index (χ3v) is 3.97. The zero-order valence-electron chi connectivity index (χ0n) is 13.0. The molecule has 1 saturated heterocycles. The number of hydrogen-bond acceptors (Lipinski definition) is 5. The molecule has 2 heterocycles. The van der Waals surface area contributed by atoms with Crippen molar-refractivity contribution in [3.63, 3.8) is 0 Å². The van der Waals surface area contributed by atoms with Crippen molar-refractivity contribution in [3.05, 3.63) is 51.9 Å². The number of rotatable bonds is 4. The summed E-state index contributed by atoms with van der Waals surface area (Å²) >= 11 is 5.88. The van der Waals surface area contributed by atoms with E-state index in [1.807, 2.05) is 0 Å². The van der Waals surface area contributed by atoms with Crippen molar-refractivity contribution >= 4 is 28.9 Å². The Bertz CT molecular complexity index is 786. The molecule has 8 heteroatoms. The van der Waals surface area contributed by atoms with Crippen molar-refractivity contribution in [2.24, 2.45) is 0 Å². The molecule has 0 spiro atoms. The molecular formula is C16H18ClN5O2. The topological polar surface area (TPSA) is 79.3 Å². The average Bonchev–Trinajstić information content (AvgIpc) is 2.57. The van der Waals surface area contributed by atoms with Gasteiger partial charge in [0.05, 0.1) is 11.9 Å². The fourth-order valence-electron chi connectivity index (χ4n) is 2.54. The lowest BCUT2D eigenvalue weighted by Gasteiger charge is -2.28. The van der Waals surface area contributed by atoms with Crippen molar-refractivity contribution in [2.75, 3.05) is 36.4 Å². The van der Waals surface area contributed by atoms with Crippen LogP contribution in [0.25, 0.3) is 0 Å². The summed E-state index contributed by atoms with van der Waals surface area (Å²) in [7, 11) is 0. The number of carbonyl (C=O) groups is 1. The van der Waals surface area contributed by atoms with E-state index in [-0.39, 0.29) is 18.0 Å². The Morgan fingerprint density at radius 1 is 1.29 bits per heavy atom. The second-order valence-electron chi connectivity index (χ2n) is 5.51. The van der Waals surface area contributed by atoms with Gasteiger partial charge in [0.2, 0.25) is 5.91 Å². The van der Waals surface area contributed by atoms with Gasteiger partial charge in [-0.2, -0.15) is 5.10 Å². The second kappa shape index (κ2) is 7.46. The number of aromatic nitrogens is 2. The fourth-order valence-corrected chi connectivity index (χ4v) is 2.73. The van der Waals surface area contributed by atoms with Crippen LogP contribution in [0.1, 0.15) is 0 Å². The van der Waals surface area contributed by atoms with Gasteiger partial charge < -0.3 is 15.5 Å². The molecule has 126 valence electrons. The van der Waals surface area contributed by atoms with Gasteiger partial charge in [0, 0.05) is 43.0 Å². The van der Waals surface area contributed by atoms with E-state index in [9.17, 15) is 9.59 Å². The SMILES string of the molecule is O=C(Cn1ncc(N2CCNCC2)cc1=O)Nc1cccc(Cl)c1. The number of benzene rings is 1. The Morgan fingerprint density at radius 3 is 2.79 bits per heavy atom. The van der Waals surface area contributed by atoms with Crippen molar-refractivity contribution in [1.29, 1.82) is 0 Å². The van der Waals surface area contributed by atoms with Crippen LogP contribution in [0.3, 0.4) is 0 Å². The minimum Gasteiger partial charge on any atom is -0.368 e. The predicted molar refractivity (Wildman–Crippen MR) is 93.7 cm³/mol. The molecular weight excluding hydrogens is 330 g/mol. The van der Waals surface area contributed by atoms with E-state index in [2.05, 4.69) is 20.6 Å². The molecule has 0 atom stereocenters. The molecule has 1 aromatic carbocycles. The number of nitrogens with one attached hydrogen (secondary N) is 2. The van der Waals surface area contributed by atoms with Crippen molar-refractivity contribution in [2.45, 2.75) is 6.54 Å². The van der Waals surface area contributed by atoms with Gasteiger partial charge in [0.25, 0.3) is 5.56 Å². The number of amides is 1. The summed E-state index contributed by atoms with van der Waals surface area (Å²) in [5.41, 5.74) is 1.07. The van der Waals surface area contributed by atoms with Gasteiger partial charge in [-0.25, -0.2) is 4.68 Å². The first-order valence-corrected chi connectivity index (χ1v) is 8.08. The summed E-state index contributed by atoms with van der Waals surface area (Å²) in [6, 6.07) is 8.35. The third-order valence-electron chi connectivity index (χ3n) is 3.74. The minimum atomic E-state index is -0.332. The summed E-state index contributed by atoms with van der Waals surface area (Å²) in [5.74, 6) is -0.332.